The van der Waals surface area contributed by atoms with Gasteiger partial charge in [-0.1, -0.05) is 17.8 Å². The molecule has 5 nitrogen and oxygen atoms in total. The normalized spacial score (nSPS) is 12.1. The zero-order valence-corrected chi connectivity index (χ0v) is 15.3. The molecular weight excluding hydrogens is 334 g/mol. The van der Waals surface area contributed by atoms with Crippen LogP contribution in [0, 0.1) is 13.8 Å². The van der Waals surface area contributed by atoms with Crippen LogP contribution in [0.2, 0.25) is 0 Å². The molecule has 3 rings (SSSR count). The maximum absolute atomic E-state index is 12.3. The van der Waals surface area contributed by atoms with E-state index in [9.17, 15) is 4.79 Å². The first kappa shape index (κ1) is 17.4. The summed E-state index contributed by atoms with van der Waals surface area (Å²) in [6, 6.07) is 9.93. The molecule has 0 radical (unpaired) electrons. The van der Waals surface area contributed by atoms with E-state index in [0.717, 1.165) is 16.6 Å². The number of nitrogens with one attached hydrogen (secondary N) is 1. The van der Waals surface area contributed by atoms with Gasteiger partial charge in [0.25, 0.3) is 0 Å². The van der Waals surface area contributed by atoms with Crippen LogP contribution in [0.25, 0.3) is 5.69 Å². The van der Waals surface area contributed by atoms with Gasteiger partial charge in [0.05, 0.1) is 18.1 Å². The lowest BCUT2D eigenvalue weighted by Crippen LogP contribution is -2.30. The molecule has 0 saturated heterocycles. The molecule has 2 aromatic heterocycles. The maximum atomic E-state index is 12.3. The lowest BCUT2D eigenvalue weighted by molar-refractivity contribution is -0.120. The summed E-state index contributed by atoms with van der Waals surface area (Å²) in [6.07, 6.45) is 5.27. The number of hydrogen-bond acceptors (Lipinski definition) is 4. The standard InChI is InChI=1S/C19H21N3O2S/c1-13-6-7-16(11-14(13)2)22-9-8-20-19(22)25-15(3)18(23)21-12-17-5-4-10-24-17/h4-11,15H,12H2,1-3H3,(H,21,23)/t15-/m1/s1. The number of imidazole rings is 1. The molecule has 6 heteroatoms. The van der Waals surface area contributed by atoms with Crippen LogP contribution in [-0.4, -0.2) is 20.7 Å². The number of rotatable bonds is 6. The van der Waals surface area contributed by atoms with Crippen molar-refractivity contribution < 1.29 is 9.21 Å². The Bertz CT molecular complexity index is 855. The van der Waals surface area contributed by atoms with Crippen molar-refractivity contribution in [1.29, 1.82) is 0 Å². The van der Waals surface area contributed by atoms with Crippen LogP contribution in [0.5, 0.6) is 0 Å². The number of aryl methyl sites for hydroxylation is 2. The average Bonchev–Trinajstić information content (AvgIpc) is 3.27. The quantitative estimate of drug-likeness (QED) is 0.682. The van der Waals surface area contributed by atoms with Crippen molar-refractivity contribution in [2.24, 2.45) is 0 Å². The fraction of sp³-hybridized carbons (Fsp3) is 0.263. The second-order valence-corrected chi connectivity index (χ2v) is 7.21. The number of aromatic nitrogens is 2. The van der Waals surface area contributed by atoms with Gasteiger partial charge in [0.15, 0.2) is 5.16 Å². The Morgan fingerprint density at radius 2 is 2.16 bits per heavy atom. The Hall–Kier alpha value is -2.47. The average molecular weight is 355 g/mol. The van der Waals surface area contributed by atoms with E-state index in [1.807, 2.05) is 23.8 Å². The summed E-state index contributed by atoms with van der Waals surface area (Å²) in [4.78, 5) is 16.7. The largest absolute Gasteiger partial charge is 0.467 e. The predicted molar refractivity (Wildman–Crippen MR) is 98.9 cm³/mol. The van der Waals surface area contributed by atoms with Crippen LogP contribution in [-0.2, 0) is 11.3 Å². The van der Waals surface area contributed by atoms with Crippen LogP contribution in [0.3, 0.4) is 0 Å². The molecule has 0 spiro atoms. The summed E-state index contributed by atoms with van der Waals surface area (Å²) in [6.45, 7) is 6.45. The van der Waals surface area contributed by atoms with E-state index >= 15 is 0 Å². The molecule has 1 aromatic carbocycles. The summed E-state index contributed by atoms with van der Waals surface area (Å²) in [5, 5.41) is 3.42. The third-order valence-electron chi connectivity index (χ3n) is 4.04. The molecule has 1 atom stereocenters. The minimum atomic E-state index is -0.261. The van der Waals surface area contributed by atoms with Gasteiger partial charge >= 0.3 is 0 Å². The van der Waals surface area contributed by atoms with E-state index in [1.54, 1.807) is 18.5 Å². The van der Waals surface area contributed by atoms with Crippen molar-refractivity contribution in [3.05, 3.63) is 65.9 Å². The summed E-state index contributed by atoms with van der Waals surface area (Å²) in [5.74, 6) is 0.693. The Labute approximate surface area is 151 Å². The Balaban J connectivity index is 1.67. The summed E-state index contributed by atoms with van der Waals surface area (Å²) in [5.41, 5.74) is 3.53. The van der Waals surface area contributed by atoms with Gasteiger partial charge in [0.2, 0.25) is 5.91 Å². The molecule has 0 aliphatic rings. The number of benzene rings is 1. The molecule has 1 amide bonds. The molecule has 0 unspecified atom stereocenters. The lowest BCUT2D eigenvalue weighted by atomic mass is 10.1. The van der Waals surface area contributed by atoms with Crippen molar-refractivity contribution in [3.8, 4) is 5.69 Å². The first-order valence-corrected chi connectivity index (χ1v) is 9.00. The van der Waals surface area contributed by atoms with Crippen LogP contribution >= 0.6 is 11.8 Å². The predicted octanol–water partition coefficient (Wildman–Crippen LogP) is 3.88. The maximum Gasteiger partial charge on any atom is 0.233 e. The first-order valence-electron chi connectivity index (χ1n) is 8.12. The Morgan fingerprint density at radius 1 is 1.32 bits per heavy atom. The van der Waals surface area contributed by atoms with Gasteiger partial charge in [-0.15, -0.1) is 0 Å². The number of thioether (sulfide) groups is 1. The SMILES string of the molecule is Cc1ccc(-n2ccnc2S[C@H](C)C(=O)NCc2ccco2)cc1C. The fourth-order valence-electron chi connectivity index (χ4n) is 2.39. The smallest absolute Gasteiger partial charge is 0.233 e. The zero-order valence-electron chi connectivity index (χ0n) is 14.5. The van der Waals surface area contributed by atoms with Gasteiger partial charge in [-0.05, 0) is 56.2 Å². The molecule has 2 heterocycles. The van der Waals surface area contributed by atoms with Gasteiger partial charge in [-0.2, -0.15) is 0 Å². The Kier molecular flexibility index (Phi) is 5.28. The van der Waals surface area contributed by atoms with Gasteiger partial charge < -0.3 is 9.73 Å². The highest BCUT2D eigenvalue weighted by atomic mass is 32.2. The topological polar surface area (TPSA) is 60.1 Å². The second kappa shape index (κ2) is 7.61. The molecule has 3 aromatic rings. The molecule has 0 aliphatic heterocycles. The summed E-state index contributed by atoms with van der Waals surface area (Å²) >= 11 is 1.44. The number of hydrogen-bond donors (Lipinski definition) is 1. The summed E-state index contributed by atoms with van der Waals surface area (Å²) in [7, 11) is 0. The van der Waals surface area contributed by atoms with E-state index in [4.69, 9.17) is 4.42 Å². The van der Waals surface area contributed by atoms with E-state index in [2.05, 4.69) is 42.3 Å². The number of nitrogens with zero attached hydrogens (tertiary/aromatic N) is 2. The molecular formula is C19H21N3O2S. The molecule has 1 N–H and O–H groups in total. The summed E-state index contributed by atoms with van der Waals surface area (Å²) < 4.78 is 7.24. The number of furan rings is 1. The lowest BCUT2D eigenvalue weighted by Gasteiger charge is -2.13. The molecule has 130 valence electrons. The number of carbonyl (C=O) groups is 1. The highest BCUT2D eigenvalue weighted by Gasteiger charge is 2.18. The molecule has 0 aliphatic carbocycles. The van der Waals surface area contributed by atoms with Gasteiger partial charge in [0, 0.05) is 18.1 Å². The van der Waals surface area contributed by atoms with Gasteiger partial charge in [0.1, 0.15) is 5.76 Å². The van der Waals surface area contributed by atoms with Crippen molar-refractivity contribution >= 4 is 17.7 Å². The molecule has 0 fully saturated rings. The van der Waals surface area contributed by atoms with Crippen LogP contribution in [0.15, 0.2) is 58.6 Å². The van der Waals surface area contributed by atoms with Crippen molar-refractivity contribution in [2.45, 2.75) is 37.7 Å². The molecule has 25 heavy (non-hydrogen) atoms. The monoisotopic (exact) mass is 355 g/mol. The third kappa shape index (κ3) is 4.14. The van der Waals surface area contributed by atoms with Crippen molar-refractivity contribution in [2.75, 3.05) is 0 Å². The zero-order chi connectivity index (χ0) is 17.8. The third-order valence-corrected chi connectivity index (χ3v) is 5.12. The van der Waals surface area contributed by atoms with Crippen LogP contribution in [0.4, 0.5) is 0 Å². The van der Waals surface area contributed by atoms with Crippen molar-refractivity contribution in [3.63, 3.8) is 0 Å². The van der Waals surface area contributed by atoms with Crippen molar-refractivity contribution in [1.82, 2.24) is 14.9 Å². The van der Waals surface area contributed by atoms with Gasteiger partial charge in [-0.25, -0.2) is 4.98 Å². The minimum Gasteiger partial charge on any atom is -0.467 e. The highest BCUT2D eigenvalue weighted by molar-refractivity contribution is 8.00. The van der Waals surface area contributed by atoms with E-state index in [-0.39, 0.29) is 11.2 Å². The molecule has 0 saturated carbocycles. The molecule has 0 bridgehead atoms. The van der Waals surface area contributed by atoms with E-state index in [1.165, 1.54) is 22.9 Å². The highest BCUT2D eigenvalue weighted by Crippen LogP contribution is 2.25. The Morgan fingerprint density at radius 3 is 2.88 bits per heavy atom. The number of amides is 1. The van der Waals surface area contributed by atoms with E-state index < -0.39 is 0 Å². The fourth-order valence-corrected chi connectivity index (χ4v) is 3.30. The van der Waals surface area contributed by atoms with Crippen LogP contribution in [0.1, 0.15) is 23.8 Å². The number of carbonyl (C=O) groups excluding carboxylic acids is 1. The van der Waals surface area contributed by atoms with E-state index in [0.29, 0.717) is 6.54 Å². The minimum absolute atomic E-state index is 0.0453. The van der Waals surface area contributed by atoms with Crippen LogP contribution < -0.4 is 5.32 Å². The first-order chi connectivity index (χ1) is 12.0. The second-order valence-electron chi connectivity index (χ2n) is 5.91. The van der Waals surface area contributed by atoms with Gasteiger partial charge in [-0.3, -0.25) is 9.36 Å².